The van der Waals surface area contributed by atoms with E-state index in [1.807, 2.05) is 24.3 Å². The van der Waals surface area contributed by atoms with Crippen LogP contribution in [0.25, 0.3) is 0 Å². The van der Waals surface area contributed by atoms with Crippen LogP contribution < -0.4 is 20.7 Å². The van der Waals surface area contributed by atoms with E-state index in [0.717, 1.165) is 63.4 Å². The summed E-state index contributed by atoms with van der Waals surface area (Å²) in [7, 11) is 1.54. The second-order valence-electron chi connectivity index (χ2n) is 9.72. The van der Waals surface area contributed by atoms with Gasteiger partial charge in [0.1, 0.15) is 5.75 Å². The molecule has 2 aromatic rings. The van der Waals surface area contributed by atoms with Crippen LogP contribution in [0.2, 0.25) is 0 Å². The highest BCUT2D eigenvalue weighted by Gasteiger charge is 2.31. The lowest BCUT2D eigenvalue weighted by Crippen LogP contribution is -2.41. The first kappa shape index (κ1) is 30.1. The summed E-state index contributed by atoms with van der Waals surface area (Å²) in [6, 6.07) is 7.71. The van der Waals surface area contributed by atoms with Gasteiger partial charge in [-0.2, -0.15) is 0 Å². The van der Waals surface area contributed by atoms with Crippen molar-refractivity contribution in [2.45, 2.75) is 97.6 Å². The van der Waals surface area contributed by atoms with Crippen molar-refractivity contribution in [3.8, 4) is 11.6 Å². The maximum Gasteiger partial charge on any atom is 0.349 e. The van der Waals surface area contributed by atoms with Gasteiger partial charge in [-0.1, -0.05) is 44.7 Å². The van der Waals surface area contributed by atoms with Gasteiger partial charge in [0, 0.05) is 13.6 Å². The van der Waals surface area contributed by atoms with E-state index in [4.69, 9.17) is 14.2 Å². The van der Waals surface area contributed by atoms with Crippen molar-refractivity contribution in [3.63, 3.8) is 0 Å². The average Bonchev–Trinajstić information content (AvgIpc) is 2.86. The van der Waals surface area contributed by atoms with E-state index in [2.05, 4.69) is 12.0 Å². The van der Waals surface area contributed by atoms with Gasteiger partial charge in [-0.25, -0.2) is 14.3 Å². The fourth-order valence-corrected chi connectivity index (χ4v) is 3.94. The molecule has 0 radical (unpaired) electrons. The van der Waals surface area contributed by atoms with Crippen LogP contribution in [-0.2, 0) is 29.5 Å². The third-order valence-corrected chi connectivity index (χ3v) is 6.05. The topological polar surface area (TPSA) is 102 Å². The van der Waals surface area contributed by atoms with Gasteiger partial charge in [0.25, 0.3) is 5.88 Å². The summed E-state index contributed by atoms with van der Waals surface area (Å²) in [6.45, 7) is 8.35. The molecule has 37 heavy (non-hydrogen) atoms. The first-order chi connectivity index (χ1) is 17.7. The van der Waals surface area contributed by atoms with Crippen LogP contribution in [0.15, 0.2) is 33.9 Å². The molecule has 0 aliphatic carbocycles. The minimum absolute atomic E-state index is 0.0234. The lowest BCUT2D eigenvalue weighted by atomic mass is 10.1. The summed E-state index contributed by atoms with van der Waals surface area (Å²) in [5.74, 6) is 0.207. The number of aromatic nitrogens is 3. The molecule has 0 unspecified atom stereocenters. The fourth-order valence-electron chi connectivity index (χ4n) is 3.94. The van der Waals surface area contributed by atoms with Crippen LogP contribution in [0.1, 0.15) is 84.6 Å². The molecule has 0 bridgehead atoms. The summed E-state index contributed by atoms with van der Waals surface area (Å²) in [5.41, 5.74) is -0.820. The molecule has 2 rings (SSSR count). The smallest absolute Gasteiger partial charge is 0.349 e. The molecule has 206 valence electrons. The molecule has 1 aromatic carbocycles. The minimum Gasteiger partial charge on any atom is -0.476 e. The highest BCUT2D eigenvalue weighted by atomic mass is 16.6. The van der Waals surface area contributed by atoms with Gasteiger partial charge in [-0.3, -0.25) is 9.36 Å². The van der Waals surface area contributed by atoms with E-state index in [0.29, 0.717) is 25.5 Å². The van der Waals surface area contributed by atoms with Gasteiger partial charge in [0.05, 0.1) is 13.2 Å². The molecule has 0 aliphatic heterocycles. The number of hydrogen-bond acceptors (Lipinski definition) is 7. The van der Waals surface area contributed by atoms with Crippen LogP contribution in [0.5, 0.6) is 11.6 Å². The summed E-state index contributed by atoms with van der Waals surface area (Å²) in [6.07, 6.45) is 8.60. The molecule has 0 saturated carbocycles. The number of nitrogens with zero attached hydrogens (tertiary/aromatic N) is 3. The van der Waals surface area contributed by atoms with Gasteiger partial charge in [-0.05, 0) is 70.6 Å². The summed E-state index contributed by atoms with van der Waals surface area (Å²) >= 11 is 0. The van der Waals surface area contributed by atoms with Crippen LogP contribution in [-0.4, -0.2) is 39.1 Å². The van der Waals surface area contributed by atoms with Gasteiger partial charge in [0.2, 0.25) is 0 Å². The molecular formula is C28H43N3O6. The third-order valence-electron chi connectivity index (χ3n) is 6.05. The van der Waals surface area contributed by atoms with Gasteiger partial charge in [0.15, 0.2) is 5.60 Å². The Morgan fingerprint density at radius 3 is 2.46 bits per heavy atom. The number of ether oxygens (including phenoxy) is 3. The van der Waals surface area contributed by atoms with Crippen LogP contribution in [0.4, 0.5) is 0 Å². The maximum absolute atomic E-state index is 12.7. The lowest BCUT2D eigenvalue weighted by Gasteiger charge is -2.24. The minimum atomic E-state index is -1.06. The van der Waals surface area contributed by atoms with E-state index in [1.165, 1.54) is 16.3 Å². The largest absolute Gasteiger partial charge is 0.476 e. The second-order valence-corrected chi connectivity index (χ2v) is 9.72. The molecular weight excluding hydrogens is 474 g/mol. The Labute approximate surface area is 219 Å². The van der Waals surface area contributed by atoms with Gasteiger partial charge in [-0.15, -0.1) is 5.10 Å². The van der Waals surface area contributed by atoms with E-state index in [1.54, 1.807) is 20.8 Å². The molecule has 1 heterocycles. The fraction of sp³-hybridized carbons (Fsp3) is 0.643. The first-order valence-electron chi connectivity index (χ1n) is 13.5. The quantitative estimate of drug-likeness (QED) is 0.226. The van der Waals surface area contributed by atoms with Crippen molar-refractivity contribution >= 4 is 5.97 Å². The number of rotatable bonds is 17. The highest BCUT2D eigenvalue weighted by molar-refractivity contribution is 5.79. The molecule has 0 spiro atoms. The normalized spacial score (nSPS) is 11.4. The van der Waals surface area contributed by atoms with Crippen LogP contribution in [0.3, 0.4) is 0 Å². The standard InChI is InChI=1S/C28H43N3O6/c1-6-8-9-10-13-19-31-25(32)24(29-30(5)27(31)34)36-20-14-11-12-16-22-17-15-18-23(21-22)37-28(3,4)26(33)35-7-2/h15,17-18,21H,6-14,16,19-20H2,1-5H3. The Balaban J connectivity index is 1.81. The lowest BCUT2D eigenvalue weighted by molar-refractivity contribution is -0.158. The molecule has 0 saturated heterocycles. The average molecular weight is 518 g/mol. The molecule has 0 fully saturated rings. The number of carbonyl (C=O) groups excluding carboxylic acids is 1. The Bertz CT molecular complexity index is 1110. The van der Waals surface area contributed by atoms with E-state index < -0.39 is 22.8 Å². The SMILES string of the molecule is CCCCCCCn1c(=O)c(OCCCCCc2cccc(OC(C)(C)C(=O)OCC)c2)nn(C)c1=O. The predicted molar refractivity (Wildman–Crippen MR) is 143 cm³/mol. The molecule has 0 N–H and O–H groups in total. The van der Waals surface area contributed by atoms with Crippen LogP contribution >= 0.6 is 0 Å². The molecule has 1 aromatic heterocycles. The van der Waals surface area contributed by atoms with Crippen molar-refractivity contribution < 1.29 is 19.0 Å². The highest BCUT2D eigenvalue weighted by Crippen LogP contribution is 2.22. The van der Waals surface area contributed by atoms with Crippen molar-refractivity contribution in [3.05, 3.63) is 50.7 Å². The molecule has 0 atom stereocenters. The Kier molecular flexibility index (Phi) is 12.4. The number of carbonyl (C=O) groups is 1. The van der Waals surface area contributed by atoms with Crippen molar-refractivity contribution in [1.29, 1.82) is 0 Å². The Hall–Kier alpha value is -3.10. The Morgan fingerprint density at radius 2 is 1.73 bits per heavy atom. The summed E-state index contributed by atoms with van der Waals surface area (Å²) in [4.78, 5) is 37.1. The number of hydrogen-bond donors (Lipinski definition) is 0. The van der Waals surface area contributed by atoms with Crippen LogP contribution in [0, 0.1) is 0 Å². The maximum atomic E-state index is 12.7. The second kappa shape index (κ2) is 15.2. The summed E-state index contributed by atoms with van der Waals surface area (Å²) < 4.78 is 19.0. The number of aryl methyl sites for hydroxylation is 2. The van der Waals surface area contributed by atoms with E-state index >= 15 is 0 Å². The zero-order chi connectivity index (χ0) is 27.3. The zero-order valence-corrected chi connectivity index (χ0v) is 23.1. The Morgan fingerprint density at radius 1 is 1.00 bits per heavy atom. The first-order valence-corrected chi connectivity index (χ1v) is 13.5. The van der Waals surface area contributed by atoms with Crippen molar-refractivity contribution in [2.24, 2.45) is 7.05 Å². The number of esters is 1. The molecule has 0 amide bonds. The predicted octanol–water partition coefficient (Wildman–Crippen LogP) is 4.42. The monoisotopic (exact) mass is 517 g/mol. The van der Waals surface area contributed by atoms with Crippen molar-refractivity contribution in [2.75, 3.05) is 13.2 Å². The molecule has 0 aliphatic rings. The van der Waals surface area contributed by atoms with Gasteiger partial charge < -0.3 is 14.2 Å². The third kappa shape index (κ3) is 9.70. The van der Waals surface area contributed by atoms with E-state index in [-0.39, 0.29) is 5.88 Å². The zero-order valence-electron chi connectivity index (χ0n) is 23.1. The molecule has 9 heteroatoms. The number of unbranched alkanes of at least 4 members (excludes halogenated alkanes) is 6. The number of benzene rings is 1. The summed E-state index contributed by atoms with van der Waals surface area (Å²) in [5, 5.41) is 4.02. The van der Waals surface area contributed by atoms with Crippen molar-refractivity contribution in [1.82, 2.24) is 14.3 Å². The van der Waals surface area contributed by atoms with E-state index in [9.17, 15) is 14.4 Å². The molecule has 9 nitrogen and oxygen atoms in total. The van der Waals surface area contributed by atoms with Gasteiger partial charge >= 0.3 is 17.2 Å².